The Labute approximate surface area is 178 Å². The Balaban J connectivity index is 1.62. The van der Waals surface area contributed by atoms with Gasteiger partial charge in [-0.3, -0.25) is 9.69 Å². The summed E-state index contributed by atoms with van der Waals surface area (Å²) in [6.07, 6.45) is 1.70. The third-order valence-electron chi connectivity index (χ3n) is 6.30. The van der Waals surface area contributed by atoms with E-state index in [4.69, 9.17) is 14.2 Å². The molecule has 2 heterocycles. The standard InChI is InChI=1S/C24H30N2O4/c1-28-20-10-9-18(23(13-20)30-3)14-25-15-19-12-21(29-2)16-26(19)24(27)22(25)11-17-7-5-4-6-8-17/h4-10,13,19,21-22H,11-12,14-16H2,1-3H3/t19-,21-,22-/m0/s1. The third-order valence-corrected chi connectivity index (χ3v) is 6.30. The van der Waals surface area contributed by atoms with E-state index < -0.39 is 0 Å². The lowest BCUT2D eigenvalue weighted by Gasteiger charge is -2.43. The first-order chi connectivity index (χ1) is 14.6. The number of benzene rings is 2. The SMILES string of the molecule is COc1ccc(CN2C[C@@H]3C[C@H](OC)CN3C(=O)[C@@H]2Cc2ccccc2)c(OC)c1. The van der Waals surface area contributed by atoms with Crippen molar-refractivity contribution in [2.45, 2.75) is 37.6 Å². The molecular weight excluding hydrogens is 380 g/mol. The number of rotatable bonds is 7. The van der Waals surface area contributed by atoms with Crippen LogP contribution in [0.4, 0.5) is 0 Å². The number of carbonyl (C=O) groups is 1. The number of nitrogens with zero attached hydrogens (tertiary/aromatic N) is 2. The van der Waals surface area contributed by atoms with Gasteiger partial charge in [-0.1, -0.05) is 36.4 Å². The maximum absolute atomic E-state index is 13.5. The lowest BCUT2D eigenvalue weighted by Crippen LogP contribution is -2.60. The first-order valence-electron chi connectivity index (χ1n) is 10.4. The molecule has 2 fully saturated rings. The van der Waals surface area contributed by atoms with Crippen molar-refractivity contribution >= 4 is 5.91 Å². The van der Waals surface area contributed by atoms with Gasteiger partial charge in [0.2, 0.25) is 5.91 Å². The molecule has 0 bridgehead atoms. The summed E-state index contributed by atoms with van der Waals surface area (Å²) in [4.78, 5) is 17.8. The van der Waals surface area contributed by atoms with Gasteiger partial charge in [0.15, 0.2) is 0 Å². The number of amides is 1. The molecule has 0 N–H and O–H groups in total. The van der Waals surface area contributed by atoms with Crippen molar-refractivity contribution in [1.29, 1.82) is 0 Å². The molecule has 2 saturated heterocycles. The van der Waals surface area contributed by atoms with Crippen LogP contribution in [0.2, 0.25) is 0 Å². The van der Waals surface area contributed by atoms with Gasteiger partial charge in [0.05, 0.1) is 26.4 Å². The Morgan fingerprint density at radius 2 is 1.80 bits per heavy atom. The van der Waals surface area contributed by atoms with Gasteiger partial charge < -0.3 is 19.1 Å². The van der Waals surface area contributed by atoms with Gasteiger partial charge >= 0.3 is 0 Å². The van der Waals surface area contributed by atoms with Crippen LogP contribution in [0, 0.1) is 0 Å². The van der Waals surface area contributed by atoms with Crippen LogP contribution in [0.3, 0.4) is 0 Å². The third kappa shape index (κ3) is 4.16. The lowest BCUT2D eigenvalue weighted by molar-refractivity contribution is -0.144. The lowest BCUT2D eigenvalue weighted by atomic mass is 9.98. The fourth-order valence-electron chi connectivity index (χ4n) is 4.66. The van der Waals surface area contributed by atoms with E-state index in [1.54, 1.807) is 21.3 Å². The summed E-state index contributed by atoms with van der Waals surface area (Å²) < 4.78 is 16.5. The van der Waals surface area contributed by atoms with E-state index in [2.05, 4.69) is 17.0 Å². The second kappa shape index (κ2) is 9.06. The van der Waals surface area contributed by atoms with Crippen LogP contribution in [0.1, 0.15) is 17.5 Å². The minimum atomic E-state index is -0.203. The molecule has 0 spiro atoms. The van der Waals surface area contributed by atoms with E-state index in [0.717, 1.165) is 30.0 Å². The number of hydrogen-bond donors (Lipinski definition) is 0. The Morgan fingerprint density at radius 3 is 2.50 bits per heavy atom. The zero-order chi connectivity index (χ0) is 21.1. The molecule has 2 aliphatic rings. The fourth-order valence-corrected chi connectivity index (χ4v) is 4.66. The smallest absolute Gasteiger partial charge is 0.240 e. The molecule has 4 rings (SSSR count). The molecule has 0 unspecified atom stereocenters. The number of hydrogen-bond acceptors (Lipinski definition) is 5. The van der Waals surface area contributed by atoms with Gasteiger partial charge in [-0.05, 0) is 24.5 Å². The van der Waals surface area contributed by atoms with Crippen LogP contribution in [-0.4, -0.2) is 68.3 Å². The van der Waals surface area contributed by atoms with E-state index >= 15 is 0 Å². The van der Waals surface area contributed by atoms with Crippen molar-refractivity contribution in [2.75, 3.05) is 34.4 Å². The molecule has 6 heteroatoms. The van der Waals surface area contributed by atoms with Crippen LogP contribution in [0.25, 0.3) is 0 Å². The fraction of sp³-hybridized carbons (Fsp3) is 0.458. The van der Waals surface area contributed by atoms with Gasteiger partial charge in [0, 0.05) is 44.4 Å². The van der Waals surface area contributed by atoms with E-state index in [1.807, 2.05) is 41.3 Å². The molecule has 0 radical (unpaired) electrons. The number of fused-ring (bicyclic) bond motifs is 1. The predicted octanol–water partition coefficient (Wildman–Crippen LogP) is 2.75. The van der Waals surface area contributed by atoms with Gasteiger partial charge in [-0.25, -0.2) is 0 Å². The van der Waals surface area contributed by atoms with Gasteiger partial charge in [0.1, 0.15) is 11.5 Å². The van der Waals surface area contributed by atoms with Crippen molar-refractivity contribution in [2.24, 2.45) is 0 Å². The van der Waals surface area contributed by atoms with Crippen molar-refractivity contribution in [3.05, 3.63) is 59.7 Å². The monoisotopic (exact) mass is 410 g/mol. The van der Waals surface area contributed by atoms with Crippen molar-refractivity contribution in [3.63, 3.8) is 0 Å². The molecule has 1 amide bonds. The average molecular weight is 411 g/mol. The predicted molar refractivity (Wildman–Crippen MR) is 115 cm³/mol. The quantitative estimate of drug-likeness (QED) is 0.703. The van der Waals surface area contributed by atoms with Crippen molar-refractivity contribution in [1.82, 2.24) is 9.80 Å². The summed E-state index contributed by atoms with van der Waals surface area (Å²) in [5, 5.41) is 0. The second-order valence-electron chi connectivity index (χ2n) is 8.05. The van der Waals surface area contributed by atoms with Crippen LogP contribution >= 0.6 is 0 Å². The van der Waals surface area contributed by atoms with Crippen LogP contribution < -0.4 is 9.47 Å². The summed E-state index contributed by atoms with van der Waals surface area (Å²) in [5.74, 6) is 1.74. The largest absolute Gasteiger partial charge is 0.497 e. The average Bonchev–Trinajstić information content (AvgIpc) is 3.21. The van der Waals surface area contributed by atoms with E-state index in [9.17, 15) is 4.79 Å². The van der Waals surface area contributed by atoms with Gasteiger partial charge in [-0.15, -0.1) is 0 Å². The normalized spacial score (nSPS) is 24.0. The Bertz CT molecular complexity index is 873. The van der Waals surface area contributed by atoms with E-state index in [1.165, 1.54) is 5.56 Å². The Hall–Kier alpha value is -2.57. The van der Waals surface area contributed by atoms with E-state index in [0.29, 0.717) is 19.5 Å². The molecule has 30 heavy (non-hydrogen) atoms. The summed E-state index contributed by atoms with van der Waals surface area (Å²) in [6.45, 7) is 2.17. The summed E-state index contributed by atoms with van der Waals surface area (Å²) in [5.41, 5.74) is 2.22. The highest BCUT2D eigenvalue weighted by Gasteiger charge is 2.45. The molecule has 2 aromatic carbocycles. The first-order valence-corrected chi connectivity index (χ1v) is 10.4. The number of ether oxygens (including phenoxy) is 3. The highest BCUT2D eigenvalue weighted by molar-refractivity contribution is 5.84. The molecule has 2 aromatic rings. The molecule has 6 nitrogen and oxygen atoms in total. The zero-order valence-corrected chi connectivity index (χ0v) is 17.9. The minimum absolute atomic E-state index is 0.117. The molecular formula is C24H30N2O4. The molecule has 2 aliphatic heterocycles. The molecule has 160 valence electrons. The number of carbonyl (C=O) groups excluding carboxylic acids is 1. The van der Waals surface area contributed by atoms with Crippen LogP contribution in [-0.2, 0) is 22.5 Å². The highest BCUT2D eigenvalue weighted by atomic mass is 16.5. The van der Waals surface area contributed by atoms with E-state index in [-0.39, 0.29) is 24.1 Å². The minimum Gasteiger partial charge on any atom is -0.497 e. The van der Waals surface area contributed by atoms with Crippen LogP contribution in [0.5, 0.6) is 11.5 Å². The Morgan fingerprint density at radius 1 is 1.00 bits per heavy atom. The molecule has 0 aliphatic carbocycles. The topological polar surface area (TPSA) is 51.2 Å². The zero-order valence-electron chi connectivity index (χ0n) is 17.9. The Kier molecular flexibility index (Phi) is 6.25. The summed E-state index contributed by atoms with van der Waals surface area (Å²) >= 11 is 0. The second-order valence-corrected chi connectivity index (χ2v) is 8.05. The van der Waals surface area contributed by atoms with Crippen molar-refractivity contribution in [3.8, 4) is 11.5 Å². The maximum Gasteiger partial charge on any atom is 0.240 e. The molecule has 0 saturated carbocycles. The first kappa shape index (κ1) is 20.7. The molecule has 0 aromatic heterocycles. The van der Waals surface area contributed by atoms with Crippen LogP contribution in [0.15, 0.2) is 48.5 Å². The summed E-state index contributed by atoms with van der Waals surface area (Å²) in [6, 6.07) is 16.1. The summed E-state index contributed by atoms with van der Waals surface area (Å²) in [7, 11) is 5.05. The highest BCUT2D eigenvalue weighted by Crippen LogP contribution is 2.32. The van der Waals surface area contributed by atoms with Crippen molar-refractivity contribution < 1.29 is 19.0 Å². The maximum atomic E-state index is 13.5. The van der Waals surface area contributed by atoms with Gasteiger partial charge in [-0.2, -0.15) is 0 Å². The molecule has 3 atom stereocenters. The van der Waals surface area contributed by atoms with Gasteiger partial charge in [0.25, 0.3) is 0 Å². The number of methoxy groups -OCH3 is 3. The number of piperazine rings is 1.